The first-order chi connectivity index (χ1) is 13.7. The highest BCUT2D eigenvalue weighted by atomic mass is 19.1. The molecular formula is C22H23FN4O. The SMILES string of the molecule is Cc1ccc(CN(CCCn2ccnc2)Cc2ccc3cc(F)ccc3n2)o1. The molecule has 0 aliphatic carbocycles. The molecule has 4 rings (SSSR count). The van der Waals surface area contributed by atoms with Gasteiger partial charge in [0.15, 0.2) is 0 Å². The van der Waals surface area contributed by atoms with Crippen molar-refractivity contribution in [3.63, 3.8) is 0 Å². The number of hydrogen-bond acceptors (Lipinski definition) is 4. The minimum atomic E-state index is -0.239. The molecule has 0 radical (unpaired) electrons. The number of aromatic nitrogens is 3. The van der Waals surface area contributed by atoms with E-state index in [4.69, 9.17) is 9.40 Å². The molecule has 144 valence electrons. The predicted octanol–water partition coefficient (Wildman–Crippen LogP) is 4.56. The fourth-order valence-electron chi connectivity index (χ4n) is 3.36. The van der Waals surface area contributed by atoms with Crippen LogP contribution in [0.2, 0.25) is 0 Å². The first kappa shape index (κ1) is 18.4. The maximum absolute atomic E-state index is 13.4. The lowest BCUT2D eigenvalue weighted by atomic mass is 10.2. The van der Waals surface area contributed by atoms with E-state index in [9.17, 15) is 4.39 Å². The molecule has 4 aromatic rings. The molecule has 0 saturated carbocycles. The van der Waals surface area contributed by atoms with Crippen LogP contribution < -0.4 is 0 Å². The van der Waals surface area contributed by atoms with Gasteiger partial charge >= 0.3 is 0 Å². The molecule has 0 atom stereocenters. The Hall–Kier alpha value is -2.99. The lowest BCUT2D eigenvalue weighted by molar-refractivity contribution is 0.225. The highest BCUT2D eigenvalue weighted by Crippen LogP contribution is 2.17. The Labute approximate surface area is 163 Å². The molecule has 5 nitrogen and oxygen atoms in total. The van der Waals surface area contributed by atoms with Gasteiger partial charge < -0.3 is 8.98 Å². The van der Waals surface area contributed by atoms with Crippen molar-refractivity contribution in [1.82, 2.24) is 19.4 Å². The van der Waals surface area contributed by atoms with Gasteiger partial charge in [0, 0.05) is 37.4 Å². The molecule has 1 aromatic carbocycles. The summed E-state index contributed by atoms with van der Waals surface area (Å²) in [5.74, 6) is 1.62. The molecule has 0 N–H and O–H groups in total. The lowest BCUT2D eigenvalue weighted by Gasteiger charge is -2.21. The minimum Gasteiger partial charge on any atom is -0.465 e. The third-order valence-electron chi connectivity index (χ3n) is 4.72. The zero-order chi connectivity index (χ0) is 19.3. The van der Waals surface area contributed by atoms with E-state index in [0.717, 1.165) is 54.2 Å². The van der Waals surface area contributed by atoms with Crippen molar-refractivity contribution in [2.45, 2.75) is 33.0 Å². The smallest absolute Gasteiger partial charge is 0.123 e. The van der Waals surface area contributed by atoms with Gasteiger partial charge in [0.2, 0.25) is 0 Å². The molecular weight excluding hydrogens is 355 g/mol. The van der Waals surface area contributed by atoms with Crippen LogP contribution in [0.25, 0.3) is 10.9 Å². The Balaban J connectivity index is 1.47. The molecule has 0 aliphatic rings. The van der Waals surface area contributed by atoms with Gasteiger partial charge in [0.1, 0.15) is 17.3 Å². The molecule has 0 saturated heterocycles. The van der Waals surface area contributed by atoms with E-state index in [1.54, 1.807) is 12.3 Å². The monoisotopic (exact) mass is 378 g/mol. The third-order valence-corrected chi connectivity index (χ3v) is 4.72. The summed E-state index contributed by atoms with van der Waals surface area (Å²) >= 11 is 0. The van der Waals surface area contributed by atoms with Crippen LogP contribution in [0.5, 0.6) is 0 Å². The Bertz CT molecular complexity index is 1040. The van der Waals surface area contributed by atoms with Crippen LogP contribution in [0.3, 0.4) is 0 Å². The zero-order valence-electron chi connectivity index (χ0n) is 15.9. The average molecular weight is 378 g/mol. The molecule has 28 heavy (non-hydrogen) atoms. The first-order valence-corrected chi connectivity index (χ1v) is 9.44. The fraction of sp³-hybridized carbons (Fsp3) is 0.273. The molecule has 3 aromatic heterocycles. The Kier molecular flexibility index (Phi) is 5.48. The third kappa shape index (κ3) is 4.64. The molecule has 0 spiro atoms. The number of fused-ring (bicyclic) bond motifs is 1. The van der Waals surface area contributed by atoms with Gasteiger partial charge in [-0.25, -0.2) is 9.37 Å². The molecule has 0 unspecified atom stereocenters. The Morgan fingerprint density at radius 3 is 2.82 bits per heavy atom. The quantitative estimate of drug-likeness (QED) is 0.451. The van der Waals surface area contributed by atoms with Crippen molar-refractivity contribution in [2.24, 2.45) is 0 Å². The van der Waals surface area contributed by atoms with Crippen LogP contribution in [0.4, 0.5) is 4.39 Å². The van der Waals surface area contributed by atoms with Gasteiger partial charge in [-0.2, -0.15) is 0 Å². The van der Waals surface area contributed by atoms with Crippen molar-refractivity contribution in [2.75, 3.05) is 6.54 Å². The maximum atomic E-state index is 13.4. The average Bonchev–Trinajstić information content (AvgIpc) is 3.33. The number of hydrogen-bond donors (Lipinski definition) is 0. The van der Waals surface area contributed by atoms with E-state index in [1.807, 2.05) is 43.7 Å². The van der Waals surface area contributed by atoms with Crippen LogP contribution in [-0.2, 0) is 19.6 Å². The highest BCUT2D eigenvalue weighted by molar-refractivity contribution is 5.78. The van der Waals surface area contributed by atoms with E-state index >= 15 is 0 Å². The molecule has 0 bridgehead atoms. The Morgan fingerprint density at radius 2 is 2.04 bits per heavy atom. The Morgan fingerprint density at radius 1 is 1.11 bits per heavy atom. The predicted molar refractivity (Wildman–Crippen MR) is 106 cm³/mol. The van der Waals surface area contributed by atoms with E-state index in [-0.39, 0.29) is 5.82 Å². The number of halogens is 1. The molecule has 0 aliphatic heterocycles. The number of benzene rings is 1. The lowest BCUT2D eigenvalue weighted by Crippen LogP contribution is -2.25. The van der Waals surface area contributed by atoms with E-state index < -0.39 is 0 Å². The summed E-state index contributed by atoms with van der Waals surface area (Å²) in [5.41, 5.74) is 1.77. The summed E-state index contributed by atoms with van der Waals surface area (Å²) in [6.45, 7) is 5.20. The van der Waals surface area contributed by atoms with Crippen LogP contribution in [0.1, 0.15) is 23.6 Å². The molecule has 0 fully saturated rings. The van der Waals surface area contributed by atoms with Crippen molar-refractivity contribution < 1.29 is 8.81 Å². The van der Waals surface area contributed by atoms with Crippen molar-refractivity contribution in [1.29, 1.82) is 0 Å². The molecule has 3 heterocycles. The van der Waals surface area contributed by atoms with Crippen LogP contribution in [-0.4, -0.2) is 26.0 Å². The summed E-state index contributed by atoms with van der Waals surface area (Å²) in [6.07, 6.45) is 6.61. The van der Waals surface area contributed by atoms with Gasteiger partial charge in [-0.05, 0) is 49.7 Å². The number of nitrogens with zero attached hydrogens (tertiary/aromatic N) is 4. The highest BCUT2D eigenvalue weighted by Gasteiger charge is 2.11. The van der Waals surface area contributed by atoms with E-state index in [2.05, 4.69) is 14.5 Å². The normalized spacial score (nSPS) is 11.5. The summed E-state index contributed by atoms with van der Waals surface area (Å²) < 4.78 is 21.2. The summed E-state index contributed by atoms with van der Waals surface area (Å²) in [7, 11) is 0. The van der Waals surface area contributed by atoms with E-state index in [1.165, 1.54) is 12.1 Å². The second-order valence-electron chi connectivity index (χ2n) is 7.02. The summed E-state index contributed by atoms with van der Waals surface area (Å²) in [4.78, 5) is 11.1. The second-order valence-corrected chi connectivity index (χ2v) is 7.02. The van der Waals surface area contributed by atoms with Gasteiger partial charge in [-0.3, -0.25) is 9.88 Å². The summed E-state index contributed by atoms with van der Waals surface area (Å²) in [5, 5.41) is 0.817. The van der Waals surface area contributed by atoms with Crippen molar-refractivity contribution in [3.8, 4) is 0 Å². The van der Waals surface area contributed by atoms with Gasteiger partial charge in [0.05, 0.1) is 24.1 Å². The van der Waals surface area contributed by atoms with Gasteiger partial charge in [0.25, 0.3) is 0 Å². The minimum absolute atomic E-state index is 0.239. The number of aryl methyl sites for hydroxylation is 2. The van der Waals surface area contributed by atoms with E-state index in [0.29, 0.717) is 6.54 Å². The first-order valence-electron chi connectivity index (χ1n) is 9.44. The van der Waals surface area contributed by atoms with Gasteiger partial charge in [-0.15, -0.1) is 0 Å². The number of pyridine rings is 1. The number of rotatable bonds is 8. The standard InChI is InChI=1S/C22H23FN4O/c1-17-3-7-21(28-17)15-27(11-2-10-26-12-9-24-16-26)14-20-6-4-18-13-19(23)5-8-22(18)25-20/h3-9,12-13,16H,2,10-11,14-15H2,1H3. The fourth-order valence-corrected chi connectivity index (χ4v) is 3.36. The van der Waals surface area contributed by atoms with Crippen molar-refractivity contribution >= 4 is 10.9 Å². The largest absolute Gasteiger partial charge is 0.465 e. The van der Waals surface area contributed by atoms with Crippen LogP contribution >= 0.6 is 0 Å². The van der Waals surface area contributed by atoms with Crippen LogP contribution in [0.15, 0.2) is 65.6 Å². The maximum Gasteiger partial charge on any atom is 0.123 e. The number of furan rings is 1. The second kappa shape index (κ2) is 8.35. The number of imidazole rings is 1. The van der Waals surface area contributed by atoms with Gasteiger partial charge in [-0.1, -0.05) is 6.07 Å². The zero-order valence-corrected chi connectivity index (χ0v) is 15.9. The topological polar surface area (TPSA) is 47.1 Å². The molecule has 0 amide bonds. The van der Waals surface area contributed by atoms with Crippen molar-refractivity contribution in [3.05, 3.63) is 84.2 Å². The van der Waals surface area contributed by atoms with Crippen LogP contribution in [0, 0.1) is 12.7 Å². The summed E-state index contributed by atoms with van der Waals surface area (Å²) in [6, 6.07) is 12.6. The molecule has 6 heteroatoms.